The van der Waals surface area contributed by atoms with Crippen molar-refractivity contribution in [3.05, 3.63) is 252 Å². The number of hydrogen-bond acceptors (Lipinski definition) is 2. The van der Waals surface area contributed by atoms with E-state index in [1.54, 1.807) is 0 Å². The first kappa shape index (κ1) is 34.6. The van der Waals surface area contributed by atoms with E-state index >= 15 is 0 Å². The fourth-order valence-electron chi connectivity index (χ4n) is 10.9. The van der Waals surface area contributed by atoms with Gasteiger partial charge in [0.25, 0.3) is 0 Å². The first-order valence-electron chi connectivity index (χ1n) is 21.0. The van der Waals surface area contributed by atoms with Gasteiger partial charge in [0, 0.05) is 39.4 Å². The molecule has 0 aliphatic heterocycles. The van der Waals surface area contributed by atoms with E-state index < -0.39 is 5.41 Å². The van der Waals surface area contributed by atoms with Crippen molar-refractivity contribution in [3.63, 3.8) is 0 Å². The van der Waals surface area contributed by atoms with Gasteiger partial charge in [0.05, 0.1) is 11.1 Å². The number of para-hydroxylation sites is 3. The van der Waals surface area contributed by atoms with Crippen LogP contribution < -0.4 is 9.80 Å². The van der Waals surface area contributed by atoms with E-state index in [1.165, 1.54) is 66.8 Å². The van der Waals surface area contributed by atoms with Crippen molar-refractivity contribution in [2.24, 2.45) is 0 Å². The summed E-state index contributed by atoms with van der Waals surface area (Å²) < 4.78 is 0. The lowest BCUT2D eigenvalue weighted by atomic mass is 9.70. The van der Waals surface area contributed by atoms with Crippen molar-refractivity contribution in [3.8, 4) is 33.4 Å². The molecule has 0 aromatic heterocycles. The Morgan fingerprint density at radius 1 is 0.283 bits per heavy atom. The second kappa shape index (κ2) is 13.0. The molecule has 3 aliphatic rings. The van der Waals surface area contributed by atoms with Crippen LogP contribution >= 0.6 is 0 Å². The fourth-order valence-corrected chi connectivity index (χ4v) is 10.9. The molecule has 0 heterocycles. The summed E-state index contributed by atoms with van der Waals surface area (Å²) in [7, 11) is 0. The summed E-state index contributed by atoms with van der Waals surface area (Å²) in [6.07, 6.45) is 0. The minimum Gasteiger partial charge on any atom is -0.310 e. The Balaban J connectivity index is 1.21. The number of fused-ring (bicyclic) bond motifs is 13. The molecule has 0 saturated carbocycles. The summed E-state index contributed by atoms with van der Waals surface area (Å²) in [6, 6.07) is 81.0. The molecule has 2 heteroatoms. The van der Waals surface area contributed by atoms with E-state index in [1.807, 2.05) is 0 Å². The van der Waals surface area contributed by atoms with E-state index in [0.29, 0.717) is 0 Å². The van der Waals surface area contributed by atoms with Crippen LogP contribution in [0.2, 0.25) is 0 Å². The second-order valence-corrected chi connectivity index (χ2v) is 16.9. The minimum absolute atomic E-state index is 0.145. The highest BCUT2D eigenvalue weighted by atomic mass is 15.2. The fraction of sp³-hybridized carbons (Fsp3) is 0.0690. The topological polar surface area (TPSA) is 6.48 Å². The summed E-state index contributed by atoms with van der Waals surface area (Å²) in [5.41, 5.74) is 21.8. The van der Waals surface area contributed by atoms with E-state index in [2.05, 4.69) is 242 Å². The Bertz CT molecular complexity index is 3040. The molecule has 9 aromatic rings. The van der Waals surface area contributed by atoms with Crippen molar-refractivity contribution in [2.75, 3.05) is 9.80 Å². The smallest absolute Gasteiger partial charge is 0.0727 e. The third-order valence-corrected chi connectivity index (χ3v) is 13.4. The number of benzene rings is 9. The van der Waals surface area contributed by atoms with Crippen molar-refractivity contribution in [2.45, 2.75) is 24.7 Å². The Morgan fingerprint density at radius 2 is 0.683 bits per heavy atom. The number of hydrogen-bond donors (Lipinski definition) is 0. The molecular formula is C58H42N2. The Hall–Kier alpha value is -7.42. The van der Waals surface area contributed by atoms with E-state index in [0.717, 1.165) is 34.1 Å². The van der Waals surface area contributed by atoms with Crippen LogP contribution in [-0.4, -0.2) is 0 Å². The maximum Gasteiger partial charge on any atom is 0.0727 e. The van der Waals surface area contributed by atoms with Crippen LogP contribution in [0.25, 0.3) is 33.4 Å². The Kier molecular flexibility index (Phi) is 7.52. The Labute approximate surface area is 352 Å². The van der Waals surface area contributed by atoms with Gasteiger partial charge in [0.15, 0.2) is 0 Å². The van der Waals surface area contributed by atoms with Crippen LogP contribution in [0.3, 0.4) is 0 Å². The van der Waals surface area contributed by atoms with Gasteiger partial charge in [-0.25, -0.2) is 0 Å². The van der Waals surface area contributed by atoms with Gasteiger partial charge in [0.2, 0.25) is 0 Å². The van der Waals surface area contributed by atoms with Crippen LogP contribution in [0, 0.1) is 0 Å². The predicted molar refractivity (Wildman–Crippen MR) is 250 cm³/mol. The van der Waals surface area contributed by atoms with Crippen LogP contribution in [0.15, 0.2) is 218 Å². The maximum absolute atomic E-state index is 2.52. The highest BCUT2D eigenvalue weighted by molar-refractivity contribution is 6.03. The molecule has 0 amide bonds. The molecule has 0 radical (unpaired) electrons. The van der Waals surface area contributed by atoms with Gasteiger partial charge in [-0.1, -0.05) is 172 Å². The Morgan fingerprint density at radius 3 is 1.23 bits per heavy atom. The quantitative estimate of drug-likeness (QED) is 0.166. The molecule has 0 bridgehead atoms. The lowest BCUT2D eigenvalue weighted by Gasteiger charge is -2.35. The predicted octanol–water partition coefficient (Wildman–Crippen LogP) is 15.3. The third kappa shape index (κ3) is 4.76. The molecule has 2 nitrogen and oxygen atoms in total. The average molecular weight is 767 g/mol. The van der Waals surface area contributed by atoms with Crippen LogP contribution in [0.5, 0.6) is 0 Å². The monoisotopic (exact) mass is 766 g/mol. The maximum atomic E-state index is 2.52. The molecule has 0 unspecified atom stereocenters. The first-order chi connectivity index (χ1) is 29.5. The van der Waals surface area contributed by atoms with Gasteiger partial charge < -0.3 is 9.80 Å². The standard InChI is InChI=1S/C58H42N2/c1-57(2)49-30-16-12-26-44(49)47-35-34-42(36-53(47)57)59(39-20-6-3-7-21-39)43-37-54-56(55(38-43)60(40-22-8-4-9-23-40)41-24-10-5-11-25-41)48-29-15-19-33-52(48)58(54)50-31-17-13-27-45(50)46-28-14-18-32-51(46)58/h3-38H,1-2H3. The van der Waals surface area contributed by atoms with E-state index in [4.69, 9.17) is 0 Å². The summed E-state index contributed by atoms with van der Waals surface area (Å²) >= 11 is 0. The normalized spacial score (nSPS) is 14.1. The zero-order valence-electron chi connectivity index (χ0n) is 33.7. The average Bonchev–Trinajstić information content (AvgIpc) is 3.86. The molecule has 9 aromatic carbocycles. The zero-order valence-corrected chi connectivity index (χ0v) is 33.7. The highest BCUT2D eigenvalue weighted by Crippen LogP contribution is 2.66. The lowest BCUT2D eigenvalue weighted by molar-refractivity contribution is 0.660. The molecule has 12 rings (SSSR count). The molecular weight excluding hydrogens is 725 g/mol. The van der Waals surface area contributed by atoms with Crippen molar-refractivity contribution < 1.29 is 0 Å². The van der Waals surface area contributed by atoms with Gasteiger partial charge in [-0.3, -0.25) is 0 Å². The van der Waals surface area contributed by atoms with Gasteiger partial charge in [-0.15, -0.1) is 0 Å². The summed E-state index contributed by atoms with van der Waals surface area (Å²) in [5, 5.41) is 0. The van der Waals surface area contributed by atoms with Gasteiger partial charge in [-0.05, 0) is 122 Å². The van der Waals surface area contributed by atoms with Crippen LogP contribution in [0.1, 0.15) is 47.2 Å². The first-order valence-corrected chi connectivity index (χ1v) is 21.0. The molecule has 1 spiro atoms. The van der Waals surface area contributed by atoms with Crippen LogP contribution in [0.4, 0.5) is 34.1 Å². The number of anilines is 6. The molecule has 60 heavy (non-hydrogen) atoms. The molecule has 0 atom stereocenters. The number of nitrogens with zero attached hydrogens (tertiary/aromatic N) is 2. The van der Waals surface area contributed by atoms with Crippen molar-refractivity contribution in [1.82, 2.24) is 0 Å². The largest absolute Gasteiger partial charge is 0.310 e. The van der Waals surface area contributed by atoms with Crippen LogP contribution in [-0.2, 0) is 10.8 Å². The summed E-state index contributed by atoms with van der Waals surface area (Å²) in [5.74, 6) is 0. The summed E-state index contributed by atoms with van der Waals surface area (Å²) in [4.78, 5) is 4.96. The second-order valence-electron chi connectivity index (χ2n) is 16.9. The van der Waals surface area contributed by atoms with Gasteiger partial charge in [-0.2, -0.15) is 0 Å². The van der Waals surface area contributed by atoms with Crippen molar-refractivity contribution >= 4 is 34.1 Å². The SMILES string of the molecule is CC1(C)c2ccccc2-c2ccc(N(c3ccccc3)c3cc(N(c4ccccc4)c4ccccc4)c4c(c3)C3(c5ccccc5-c5ccccc53)c3ccccc3-4)cc21. The lowest BCUT2D eigenvalue weighted by Crippen LogP contribution is -2.26. The molecule has 3 aliphatic carbocycles. The van der Waals surface area contributed by atoms with Crippen molar-refractivity contribution in [1.29, 1.82) is 0 Å². The third-order valence-electron chi connectivity index (χ3n) is 13.4. The van der Waals surface area contributed by atoms with Gasteiger partial charge >= 0.3 is 0 Å². The van der Waals surface area contributed by atoms with E-state index in [-0.39, 0.29) is 5.41 Å². The molecule has 0 N–H and O–H groups in total. The summed E-state index contributed by atoms with van der Waals surface area (Å²) in [6.45, 7) is 4.74. The van der Waals surface area contributed by atoms with E-state index in [9.17, 15) is 0 Å². The van der Waals surface area contributed by atoms with Gasteiger partial charge in [0.1, 0.15) is 0 Å². The molecule has 284 valence electrons. The number of rotatable bonds is 6. The zero-order chi connectivity index (χ0) is 40.0. The molecule has 0 saturated heterocycles. The highest BCUT2D eigenvalue weighted by Gasteiger charge is 2.53. The minimum atomic E-state index is -0.535. The molecule has 0 fully saturated rings.